The lowest BCUT2D eigenvalue weighted by molar-refractivity contribution is -0.150. The summed E-state index contributed by atoms with van der Waals surface area (Å²) in [5, 5.41) is 0.350. The van der Waals surface area contributed by atoms with Crippen LogP contribution in [0.5, 0.6) is 0 Å². The summed E-state index contributed by atoms with van der Waals surface area (Å²) in [6, 6.07) is 5.16. The number of carbonyl (C=O) groups excluding carboxylic acids is 2. The molecule has 4 heteroatoms. The molecule has 3 nitrogen and oxygen atoms in total. The highest BCUT2D eigenvalue weighted by molar-refractivity contribution is 6.34. The van der Waals surface area contributed by atoms with Gasteiger partial charge in [0.05, 0.1) is 11.6 Å². The minimum absolute atomic E-state index is 0.247. The lowest BCUT2D eigenvalue weighted by Gasteiger charge is -2.21. The first-order valence-electron chi connectivity index (χ1n) is 5.79. The predicted molar refractivity (Wildman–Crippen MR) is 70.9 cm³/mol. The molecule has 0 N–H and O–H groups in total. The van der Waals surface area contributed by atoms with Gasteiger partial charge in [-0.05, 0) is 39.8 Å². The number of hydrogen-bond donors (Lipinski definition) is 0. The molecule has 0 radical (unpaired) electrons. The van der Waals surface area contributed by atoms with Crippen LogP contribution in [0.2, 0.25) is 5.02 Å². The summed E-state index contributed by atoms with van der Waals surface area (Å²) < 4.78 is 4.92. The Bertz CT molecular complexity index is 478. The van der Waals surface area contributed by atoms with Gasteiger partial charge in [0.1, 0.15) is 5.41 Å². The van der Waals surface area contributed by atoms with E-state index >= 15 is 0 Å². The van der Waals surface area contributed by atoms with E-state index in [1.165, 1.54) is 0 Å². The van der Waals surface area contributed by atoms with Crippen LogP contribution < -0.4 is 0 Å². The number of benzene rings is 1. The van der Waals surface area contributed by atoms with Crippen molar-refractivity contribution in [2.24, 2.45) is 5.41 Å². The second-order valence-electron chi connectivity index (χ2n) is 4.66. The smallest absolute Gasteiger partial charge is 0.319 e. The highest BCUT2D eigenvalue weighted by atomic mass is 35.5. The van der Waals surface area contributed by atoms with E-state index in [1.54, 1.807) is 32.9 Å². The van der Waals surface area contributed by atoms with Gasteiger partial charge in [-0.3, -0.25) is 9.59 Å². The highest BCUT2D eigenvalue weighted by Crippen LogP contribution is 2.28. The van der Waals surface area contributed by atoms with E-state index in [4.69, 9.17) is 16.3 Å². The van der Waals surface area contributed by atoms with Crippen molar-refractivity contribution in [1.82, 2.24) is 0 Å². The molecule has 0 fully saturated rings. The molecule has 18 heavy (non-hydrogen) atoms. The van der Waals surface area contributed by atoms with Crippen molar-refractivity contribution >= 4 is 23.4 Å². The van der Waals surface area contributed by atoms with Gasteiger partial charge in [0, 0.05) is 5.56 Å². The van der Waals surface area contributed by atoms with Crippen molar-refractivity contribution in [2.45, 2.75) is 27.7 Å². The van der Waals surface area contributed by atoms with Gasteiger partial charge < -0.3 is 4.74 Å². The van der Waals surface area contributed by atoms with Gasteiger partial charge in [-0.2, -0.15) is 0 Å². The SMILES string of the molecule is CCOC(=O)C(C)(C)C(=O)c1cc(C)ccc1Cl. The second-order valence-corrected chi connectivity index (χ2v) is 5.07. The third-order valence-corrected chi connectivity index (χ3v) is 3.05. The minimum Gasteiger partial charge on any atom is -0.465 e. The first-order valence-corrected chi connectivity index (χ1v) is 6.16. The Labute approximate surface area is 112 Å². The molecule has 0 aliphatic rings. The fourth-order valence-corrected chi connectivity index (χ4v) is 1.76. The van der Waals surface area contributed by atoms with E-state index in [9.17, 15) is 9.59 Å². The molecule has 0 unspecified atom stereocenters. The van der Waals surface area contributed by atoms with Crippen molar-refractivity contribution in [3.05, 3.63) is 34.3 Å². The summed E-state index contributed by atoms with van der Waals surface area (Å²) in [5.41, 5.74) is 0.0464. The summed E-state index contributed by atoms with van der Waals surface area (Å²) in [7, 11) is 0. The Morgan fingerprint density at radius 2 is 1.94 bits per heavy atom. The highest BCUT2D eigenvalue weighted by Gasteiger charge is 2.38. The van der Waals surface area contributed by atoms with E-state index in [0.717, 1.165) is 5.56 Å². The van der Waals surface area contributed by atoms with Crippen LogP contribution in [0.3, 0.4) is 0 Å². The van der Waals surface area contributed by atoms with Crippen LogP contribution in [0.25, 0.3) is 0 Å². The van der Waals surface area contributed by atoms with Crippen LogP contribution in [0, 0.1) is 12.3 Å². The minimum atomic E-state index is -1.23. The van der Waals surface area contributed by atoms with Gasteiger partial charge in [-0.25, -0.2) is 0 Å². The van der Waals surface area contributed by atoms with Gasteiger partial charge in [0.15, 0.2) is 5.78 Å². The molecule has 0 heterocycles. The van der Waals surface area contributed by atoms with Crippen molar-refractivity contribution < 1.29 is 14.3 Å². The number of esters is 1. The van der Waals surface area contributed by atoms with Crippen LogP contribution in [-0.2, 0) is 9.53 Å². The molecule has 0 aliphatic heterocycles. The van der Waals surface area contributed by atoms with Gasteiger partial charge in [0.25, 0.3) is 0 Å². The van der Waals surface area contributed by atoms with Gasteiger partial charge >= 0.3 is 5.97 Å². The Morgan fingerprint density at radius 3 is 2.50 bits per heavy atom. The number of carbonyl (C=O) groups is 2. The third-order valence-electron chi connectivity index (χ3n) is 2.72. The average Bonchev–Trinajstić information content (AvgIpc) is 2.31. The van der Waals surface area contributed by atoms with Crippen molar-refractivity contribution in [1.29, 1.82) is 0 Å². The number of Topliss-reactive ketones (excluding diaryl/α,β-unsaturated/α-hetero) is 1. The van der Waals surface area contributed by atoms with Crippen molar-refractivity contribution in [3.63, 3.8) is 0 Å². The molecular formula is C14H17ClO3. The zero-order valence-corrected chi connectivity index (χ0v) is 11.8. The summed E-state index contributed by atoms with van der Waals surface area (Å²) >= 11 is 6.01. The summed E-state index contributed by atoms with van der Waals surface area (Å²) in [5.74, 6) is -0.859. The molecule has 1 rings (SSSR count). The summed E-state index contributed by atoms with van der Waals surface area (Å²) in [4.78, 5) is 24.2. The zero-order valence-electron chi connectivity index (χ0n) is 11.0. The normalized spacial score (nSPS) is 11.2. The second kappa shape index (κ2) is 5.53. The van der Waals surface area contributed by atoms with E-state index < -0.39 is 11.4 Å². The molecule has 1 aromatic carbocycles. The maximum atomic E-state index is 12.4. The fraction of sp³-hybridized carbons (Fsp3) is 0.429. The van der Waals surface area contributed by atoms with Crippen molar-refractivity contribution in [2.75, 3.05) is 6.61 Å². The lowest BCUT2D eigenvalue weighted by Crippen LogP contribution is -2.35. The Kier molecular flexibility index (Phi) is 4.52. The van der Waals surface area contributed by atoms with E-state index in [1.807, 2.05) is 13.0 Å². The van der Waals surface area contributed by atoms with Gasteiger partial charge in [-0.1, -0.05) is 23.2 Å². The van der Waals surface area contributed by atoms with Crippen LogP contribution in [-0.4, -0.2) is 18.4 Å². The summed E-state index contributed by atoms with van der Waals surface area (Å²) in [6.45, 7) is 6.91. The molecule has 0 saturated carbocycles. The van der Waals surface area contributed by atoms with Crippen LogP contribution in [0.15, 0.2) is 18.2 Å². The molecular weight excluding hydrogens is 252 g/mol. The van der Waals surface area contributed by atoms with E-state index in [0.29, 0.717) is 10.6 Å². The first-order chi connectivity index (χ1) is 8.30. The first kappa shape index (κ1) is 14.7. The predicted octanol–water partition coefficient (Wildman–Crippen LogP) is 3.42. The molecule has 0 atom stereocenters. The molecule has 0 aliphatic carbocycles. The van der Waals surface area contributed by atoms with E-state index in [2.05, 4.69) is 0 Å². The molecule has 0 bridgehead atoms. The molecule has 0 saturated heterocycles. The zero-order chi connectivity index (χ0) is 13.9. The topological polar surface area (TPSA) is 43.4 Å². The fourth-order valence-electron chi connectivity index (χ4n) is 1.55. The Morgan fingerprint density at radius 1 is 1.33 bits per heavy atom. The molecule has 1 aromatic rings. The number of aryl methyl sites for hydroxylation is 1. The average molecular weight is 269 g/mol. The lowest BCUT2D eigenvalue weighted by atomic mass is 9.84. The number of halogens is 1. The number of ketones is 1. The Balaban J connectivity index is 3.13. The Hall–Kier alpha value is -1.35. The van der Waals surface area contributed by atoms with Gasteiger partial charge in [0.2, 0.25) is 0 Å². The number of rotatable bonds is 4. The molecule has 98 valence electrons. The number of ether oxygens (including phenoxy) is 1. The van der Waals surface area contributed by atoms with E-state index in [-0.39, 0.29) is 12.4 Å². The maximum Gasteiger partial charge on any atom is 0.319 e. The van der Waals surface area contributed by atoms with Gasteiger partial charge in [-0.15, -0.1) is 0 Å². The monoisotopic (exact) mass is 268 g/mol. The van der Waals surface area contributed by atoms with Crippen LogP contribution >= 0.6 is 11.6 Å². The molecule has 0 spiro atoms. The quantitative estimate of drug-likeness (QED) is 0.477. The van der Waals surface area contributed by atoms with Crippen LogP contribution in [0.1, 0.15) is 36.7 Å². The number of hydrogen-bond acceptors (Lipinski definition) is 3. The van der Waals surface area contributed by atoms with Crippen molar-refractivity contribution in [3.8, 4) is 0 Å². The van der Waals surface area contributed by atoms with Crippen LogP contribution in [0.4, 0.5) is 0 Å². The third kappa shape index (κ3) is 2.91. The summed E-state index contributed by atoms with van der Waals surface area (Å²) in [6.07, 6.45) is 0. The molecule has 0 aromatic heterocycles. The largest absolute Gasteiger partial charge is 0.465 e. The molecule has 0 amide bonds. The maximum absolute atomic E-state index is 12.4. The standard InChI is InChI=1S/C14H17ClO3/c1-5-18-13(17)14(3,4)12(16)10-8-9(2)6-7-11(10)15/h6-8H,5H2,1-4H3.